The molecule has 0 saturated carbocycles. The van der Waals surface area contributed by atoms with E-state index in [0.717, 1.165) is 43.9 Å². The monoisotopic (exact) mass is 794 g/mol. The highest BCUT2D eigenvalue weighted by molar-refractivity contribution is 7.94. The fourth-order valence-electron chi connectivity index (χ4n) is 4.82. The smallest absolute Gasteiger partial charge is 0.343 e. The highest BCUT2D eigenvalue weighted by Gasteiger charge is 2.21. The van der Waals surface area contributed by atoms with Gasteiger partial charge in [0.05, 0.1) is 47.9 Å². The van der Waals surface area contributed by atoms with Gasteiger partial charge in [0.15, 0.2) is 0 Å². The number of benzene rings is 4. The van der Waals surface area contributed by atoms with Crippen molar-refractivity contribution in [2.45, 2.75) is 35.5 Å². The molecule has 0 unspecified atom stereocenters. The van der Waals surface area contributed by atoms with E-state index in [1.807, 2.05) is 0 Å². The number of hydrogen-bond acceptors (Lipinski definition) is 16. The summed E-state index contributed by atoms with van der Waals surface area (Å²) in [6.45, 7) is 4.11. The summed E-state index contributed by atoms with van der Waals surface area (Å²) in [7, 11) is -3.39. The predicted octanol–water partition coefficient (Wildman–Crippen LogP) is 8.74. The van der Waals surface area contributed by atoms with Crippen molar-refractivity contribution in [2.24, 2.45) is 20.5 Å². The van der Waals surface area contributed by atoms with Crippen LogP contribution in [0.5, 0.6) is 11.5 Å². The minimum atomic E-state index is -4.84. The van der Waals surface area contributed by atoms with Crippen LogP contribution in [0.25, 0.3) is 11.1 Å². The molecule has 0 aromatic heterocycles. The molecule has 0 bridgehead atoms. The molecular weight excluding hydrogens is 761 g/mol. The largest absolute Gasteiger partial charge is 0.494 e. The topological polar surface area (TPSA) is 242 Å². The molecule has 0 aliphatic heterocycles. The molecule has 288 valence electrons. The third kappa shape index (κ3) is 12.6. The Morgan fingerprint density at radius 2 is 1.45 bits per heavy atom. The fourth-order valence-corrected chi connectivity index (χ4v) is 6.08. The van der Waals surface area contributed by atoms with Gasteiger partial charge in [0.1, 0.15) is 22.0 Å². The van der Waals surface area contributed by atoms with E-state index in [9.17, 15) is 32.5 Å². The lowest BCUT2D eigenvalue weighted by atomic mass is 10.0. The quantitative estimate of drug-likeness (QED) is 0.00872. The summed E-state index contributed by atoms with van der Waals surface area (Å²) in [6, 6.07) is 18.1. The Morgan fingerprint density at radius 3 is 2.09 bits per heavy atom. The Bertz CT molecular complexity index is 2180. The van der Waals surface area contributed by atoms with Gasteiger partial charge < -0.3 is 19.3 Å². The summed E-state index contributed by atoms with van der Waals surface area (Å²) in [5.74, 6) is -2.42. The number of rotatable bonds is 20. The number of esters is 2. The van der Waals surface area contributed by atoms with Crippen molar-refractivity contribution in [1.82, 2.24) is 0 Å². The van der Waals surface area contributed by atoms with Crippen LogP contribution in [0.2, 0.25) is 0 Å². The van der Waals surface area contributed by atoms with Crippen LogP contribution in [-0.4, -0.2) is 61.5 Å². The van der Waals surface area contributed by atoms with Gasteiger partial charge in [-0.15, -0.1) is 4.33 Å². The zero-order valence-corrected chi connectivity index (χ0v) is 30.7. The average Bonchev–Trinajstić information content (AvgIpc) is 3.17. The van der Waals surface area contributed by atoms with E-state index in [0.29, 0.717) is 36.7 Å². The number of aromatic carboxylic acids is 1. The molecule has 4 aromatic carbocycles. The first-order valence-electron chi connectivity index (χ1n) is 16.2. The molecule has 55 heavy (non-hydrogen) atoms. The van der Waals surface area contributed by atoms with E-state index in [4.69, 9.17) is 19.5 Å². The van der Waals surface area contributed by atoms with Crippen molar-refractivity contribution in [3.05, 3.63) is 103 Å². The second kappa shape index (κ2) is 20.6. The number of unbranched alkanes of at least 4 members (excludes halogenated alkanes) is 3. The lowest BCUT2D eigenvalue weighted by Gasteiger charge is -2.12. The number of carboxylic acids is 1. The molecule has 0 amide bonds. The van der Waals surface area contributed by atoms with E-state index in [1.165, 1.54) is 61.6 Å². The molecule has 0 fully saturated rings. The van der Waals surface area contributed by atoms with Gasteiger partial charge in [-0.3, -0.25) is 4.55 Å². The van der Waals surface area contributed by atoms with Crippen molar-refractivity contribution < 1.29 is 61.3 Å². The SMILES string of the molecule is C=CC(=O)OCCCCCCOc1ccc(C(=O)Oc2ccc(N=Nc3ccc(-c4ccc(N=NC)cc4SOOO)c(S(=O)(=O)O)c3)cc2C(=O)O)cc1. The molecule has 19 heteroatoms. The number of azo groups is 2. The van der Waals surface area contributed by atoms with Gasteiger partial charge in [0.25, 0.3) is 10.1 Å². The van der Waals surface area contributed by atoms with Gasteiger partial charge in [-0.2, -0.15) is 28.9 Å². The Morgan fingerprint density at radius 1 is 0.818 bits per heavy atom. The van der Waals surface area contributed by atoms with Crippen LogP contribution in [0.15, 0.2) is 122 Å². The van der Waals surface area contributed by atoms with Gasteiger partial charge in [-0.05, 0) is 98.0 Å². The molecule has 0 saturated heterocycles. The van der Waals surface area contributed by atoms with E-state index in [-0.39, 0.29) is 38.7 Å². The van der Waals surface area contributed by atoms with Crippen LogP contribution in [0.1, 0.15) is 46.4 Å². The lowest BCUT2D eigenvalue weighted by molar-refractivity contribution is -0.432. The maximum atomic E-state index is 12.9. The van der Waals surface area contributed by atoms with E-state index in [2.05, 4.69) is 36.4 Å². The maximum Gasteiger partial charge on any atom is 0.343 e. The summed E-state index contributed by atoms with van der Waals surface area (Å²) in [5, 5.41) is 37.7. The van der Waals surface area contributed by atoms with Crippen LogP contribution in [0, 0.1) is 0 Å². The van der Waals surface area contributed by atoms with Crippen molar-refractivity contribution in [3.63, 3.8) is 0 Å². The molecule has 0 aliphatic rings. The van der Waals surface area contributed by atoms with Crippen LogP contribution in [0.4, 0.5) is 17.1 Å². The van der Waals surface area contributed by atoms with Crippen molar-refractivity contribution in [2.75, 3.05) is 20.3 Å². The Kier molecular flexibility index (Phi) is 15.7. The van der Waals surface area contributed by atoms with Crippen LogP contribution >= 0.6 is 12.0 Å². The summed E-state index contributed by atoms with van der Waals surface area (Å²) >= 11 is 0.539. The fraction of sp³-hybridized carbons (Fsp3) is 0.194. The summed E-state index contributed by atoms with van der Waals surface area (Å²) in [6.07, 6.45) is 4.35. The number of ether oxygens (including phenoxy) is 3. The van der Waals surface area contributed by atoms with Gasteiger partial charge in [0.2, 0.25) is 0 Å². The third-order valence-corrected chi connectivity index (χ3v) is 8.89. The first kappa shape index (κ1) is 41.9. The molecule has 0 spiro atoms. The van der Waals surface area contributed by atoms with E-state index >= 15 is 0 Å². The number of hydrogen-bond donors (Lipinski definition) is 3. The minimum absolute atomic E-state index is 0.0211. The Labute approximate surface area is 319 Å². The number of carboxylic acid groups (broad SMARTS) is 1. The van der Waals surface area contributed by atoms with Crippen molar-refractivity contribution in [1.29, 1.82) is 0 Å². The molecule has 4 aromatic rings. The molecule has 0 heterocycles. The molecule has 0 radical (unpaired) electrons. The third-order valence-electron chi connectivity index (χ3n) is 7.35. The molecule has 4 rings (SSSR count). The molecule has 0 atom stereocenters. The molecule has 17 nitrogen and oxygen atoms in total. The zero-order chi connectivity index (χ0) is 39.8. The zero-order valence-electron chi connectivity index (χ0n) is 29.1. The first-order valence-corrected chi connectivity index (χ1v) is 18.4. The highest BCUT2D eigenvalue weighted by Crippen LogP contribution is 2.39. The van der Waals surface area contributed by atoms with Crippen LogP contribution < -0.4 is 9.47 Å². The highest BCUT2D eigenvalue weighted by atomic mass is 32.2. The molecule has 0 aliphatic carbocycles. The maximum absolute atomic E-state index is 12.9. The second-order valence-corrected chi connectivity index (χ2v) is 13.2. The minimum Gasteiger partial charge on any atom is -0.494 e. The predicted molar refractivity (Wildman–Crippen MR) is 197 cm³/mol. The average molecular weight is 795 g/mol. The lowest BCUT2D eigenvalue weighted by Crippen LogP contribution is -2.11. The molecular formula is C36H34N4O13S2. The summed E-state index contributed by atoms with van der Waals surface area (Å²) in [5.41, 5.74) is 0.385. The Hall–Kier alpha value is -5.83. The van der Waals surface area contributed by atoms with Crippen molar-refractivity contribution >= 4 is 57.1 Å². The number of carbonyl (C=O) groups excluding carboxylic acids is 2. The Balaban J connectivity index is 1.43. The van der Waals surface area contributed by atoms with Gasteiger partial charge >= 0.3 is 17.9 Å². The first-order chi connectivity index (χ1) is 26.4. The van der Waals surface area contributed by atoms with Gasteiger partial charge in [-0.1, -0.05) is 23.7 Å². The normalized spacial score (nSPS) is 11.5. The standard InChI is InChI=1S/C36H34N4O13S2/c1-3-34(41)50-19-7-5-4-6-18-49-27-13-8-23(9-14-27)36(44)51-31-17-12-24(20-30(31)35(42)43)39-40-26-11-16-29(33(22-26)55(46,47)48)28-15-10-25(38-37-2)21-32(28)54-53-52-45/h3,8-17,20-22,45H,1,4-7,18-19H2,2H3,(H,42,43)(H,46,47,48). The molecule has 3 N–H and O–H groups in total. The second-order valence-electron chi connectivity index (χ2n) is 11.1. The van der Waals surface area contributed by atoms with Crippen LogP contribution in [0.3, 0.4) is 0 Å². The van der Waals surface area contributed by atoms with Gasteiger partial charge in [0, 0.05) is 23.6 Å². The van der Waals surface area contributed by atoms with E-state index in [1.54, 1.807) is 12.1 Å². The number of carbonyl (C=O) groups is 3. The summed E-state index contributed by atoms with van der Waals surface area (Å²) < 4.78 is 55.5. The van der Waals surface area contributed by atoms with E-state index < -0.39 is 38.5 Å². The van der Waals surface area contributed by atoms with Crippen LogP contribution in [-0.2, 0) is 29.0 Å². The number of nitrogens with zero attached hydrogens (tertiary/aromatic N) is 4. The van der Waals surface area contributed by atoms with Crippen molar-refractivity contribution in [3.8, 4) is 22.6 Å². The summed E-state index contributed by atoms with van der Waals surface area (Å²) in [4.78, 5) is 35.7. The van der Waals surface area contributed by atoms with Gasteiger partial charge in [-0.25, -0.2) is 19.6 Å².